The van der Waals surface area contributed by atoms with E-state index in [1.165, 1.54) is 17.3 Å². The van der Waals surface area contributed by atoms with Crippen LogP contribution in [0.25, 0.3) is 0 Å². The monoisotopic (exact) mass is 460 g/mol. The summed E-state index contributed by atoms with van der Waals surface area (Å²) >= 11 is 1.54. The molecule has 10 nitrogen and oxygen atoms in total. The van der Waals surface area contributed by atoms with Gasteiger partial charge < -0.3 is 21.7 Å². The van der Waals surface area contributed by atoms with Crippen molar-refractivity contribution in [3.63, 3.8) is 0 Å². The maximum atomic E-state index is 12.4. The number of carbonyl (C=O) groups is 2. The minimum Gasteiger partial charge on any atom is -0.868 e. The highest BCUT2D eigenvalue weighted by atomic mass is 32.2. The van der Waals surface area contributed by atoms with E-state index in [-0.39, 0.29) is 29.3 Å². The van der Waals surface area contributed by atoms with Crippen molar-refractivity contribution in [1.29, 1.82) is 0 Å². The van der Waals surface area contributed by atoms with Gasteiger partial charge in [0, 0.05) is 26.4 Å². The fourth-order valence-electron chi connectivity index (χ4n) is 3.61. The predicted octanol–water partition coefficient (Wildman–Crippen LogP) is -0.0672. The van der Waals surface area contributed by atoms with Crippen LogP contribution in [0, 0.1) is 0 Å². The molecule has 1 aromatic heterocycles. The molecule has 1 aromatic carbocycles. The number of allylic oxidation sites excluding steroid dienone is 1. The summed E-state index contributed by atoms with van der Waals surface area (Å²) in [5, 5.41) is 30.0. The van der Waals surface area contributed by atoms with Gasteiger partial charge >= 0.3 is 0 Å². The van der Waals surface area contributed by atoms with Gasteiger partial charge in [-0.3, -0.25) is 19.1 Å². The van der Waals surface area contributed by atoms with Gasteiger partial charge in [-0.2, -0.15) is 0 Å². The summed E-state index contributed by atoms with van der Waals surface area (Å²) in [5.41, 5.74) is 1.22. The summed E-state index contributed by atoms with van der Waals surface area (Å²) in [6.07, 6.45) is 4.67. The summed E-state index contributed by atoms with van der Waals surface area (Å²) in [6, 6.07) is 10.1. The number of carbonyl (C=O) groups excluding carboxylic acids is 2. The van der Waals surface area contributed by atoms with E-state index in [4.69, 9.17) is 10.2 Å². The molecule has 174 valence electrons. The van der Waals surface area contributed by atoms with Crippen molar-refractivity contribution in [3.05, 3.63) is 53.2 Å². The van der Waals surface area contributed by atoms with Crippen molar-refractivity contribution >= 4 is 29.5 Å². The van der Waals surface area contributed by atoms with Crippen molar-refractivity contribution in [2.24, 2.45) is 0 Å². The first kappa shape index (κ1) is 25.5. The Labute approximate surface area is 191 Å². The van der Waals surface area contributed by atoms with Crippen molar-refractivity contribution in [1.82, 2.24) is 26.2 Å². The third-order valence-corrected chi connectivity index (χ3v) is 6.20. The lowest BCUT2D eigenvalue weighted by Crippen LogP contribution is -2.44. The molecular formula is C21H28N6O4S-2. The molecule has 0 saturated heterocycles. The van der Waals surface area contributed by atoms with Gasteiger partial charge in [-0.25, -0.2) is 6.79 Å². The van der Waals surface area contributed by atoms with Crippen molar-refractivity contribution in [2.75, 3.05) is 25.3 Å². The summed E-state index contributed by atoms with van der Waals surface area (Å²) in [6.45, 7) is -0.609. The second-order valence-electron chi connectivity index (χ2n) is 7.12. The fourth-order valence-corrected chi connectivity index (χ4v) is 4.68. The Kier molecular flexibility index (Phi) is 9.85. The largest absolute Gasteiger partial charge is 0.868 e. The number of anilines is 1. The normalized spacial score (nSPS) is 18.2. The molecule has 0 aliphatic carbocycles. The van der Waals surface area contributed by atoms with Crippen LogP contribution >= 0.6 is 11.8 Å². The fraction of sp³-hybridized carbons (Fsp3) is 0.429. The molecule has 0 spiro atoms. The molecule has 2 aromatic rings. The van der Waals surface area contributed by atoms with Crippen LogP contribution in [0.2, 0.25) is 0 Å². The molecule has 0 bridgehead atoms. The van der Waals surface area contributed by atoms with Crippen LogP contribution < -0.4 is 26.6 Å². The highest BCUT2D eigenvalue weighted by molar-refractivity contribution is 8.03. The zero-order chi connectivity index (χ0) is 22.2. The van der Waals surface area contributed by atoms with E-state index in [0.717, 1.165) is 12.2 Å². The molecule has 2 atom stereocenters. The first-order valence-electron chi connectivity index (χ1n) is 10.1. The molecule has 2 unspecified atom stereocenters. The van der Waals surface area contributed by atoms with Gasteiger partial charge in [-0.1, -0.05) is 36.4 Å². The summed E-state index contributed by atoms with van der Waals surface area (Å²) in [4.78, 5) is 26.1. The number of aromatic nitrogens is 3. The van der Waals surface area contributed by atoms with Crippen LogP contribution in [0.5, 0.6) is 0 Å². The number of rotatable bonds is 7. The maximum Gasteiger partial charge on any atom is 0.245 e. The summed E-state index contributed by atoms with van der Waals surface area (Å²) < 4.78 is 2.04. The van der Waals surface area contributed by atoms with Gasteiger partial charge in [-0.05, 0) is 23.8 Å². The zero-order valence-electron chi connectivity index (χ0n) is 18.0. The molecule has 0 saturated carbocycles. The van der Waals surface area contributed by atoms with E-state index < -0.39 is 6.79 Å². The van der Waals surface area contributed by atoms with Crippen LogP contribution in [0.1, 0.15) is 30.3 Å². The first-order chi connectivity index (χ1) is 15.1. The molecule has 4 N–H and O–H groups in total. The standard InChI is InChI=1S/C20H23N5O2S.CH2O2.H3N/c1-24-19(27)18-15(11-13-28-18)25-16(22-23-20(24)25)8-5-9-17(26)21-12-10-14-6-3-2-4-7-14;2-1-3;/h2-4,6-7,11,13,15,18H,5,8-10,12H2,1H3,(H,21,26);1H2;1H3/q;-2;. The van der Waals surface area contributed by atoms with Crippen LogP contribution in [0.4, 0.5) is 5.95 Å². The molecule has 2 aliphatic heterocycles. The van der Waals surface area contributed by atoms with Gasteiger partial charge in [0.05, 0.1) is 6.04 Å². The van der Waals surface area contributed by atoms with E-state index in [1.807, 2.05) is 34.3 Å². The minimum absolute atomic E-state index is 0. The van der Waals surface area contributed by atoms with E-state index in [2.05, 4.69) is 27.6 Å². The summed E-state index contributed by atoms with van der Waals surface area (Å²) in [7, 11) is 1.74. The lowest BCUT2D eigenvalue weighted by molar-refractivity contribution is -0.596. The highest BCUT2D eigenvalue weighted by Gasteiger charge is 2.42. The number of amides is 2. The van der Waals surface area contributed by atoms with Crippen LogP contribution in [0.15, 0.2) is 41.8 Å². The molecule has 3 heterocycles. The number of fused-ring (bicyclic) bond motifs is 3. The van der Waals surface area contributed by atoms with E-state index >= 15 is 0 Å². The number of benzene rings is 1. The van der Waals surface area contributed by atoms with Crippen molar-refractivity contribution in [3.8, 4) is 0 Å². The Morgan fingerprint density at radius 2 is 1.91 bits per heavy atom. The average molecular weight is 461 g/mol. The van der Waals surface area contributed by atoms with Gasteiger partial charge in [0.15, 0.2) is 0 Å². The Morgan fingerprint density at radius 3 is 2.62 bits per heavy atom. The third-order valence-electron chi connectivity index (χ3n) is 5.11. The second-order valence-corrected chi connectivity index (χ2v) is 8.17. The summed E-state index contributed by atoms with van der Waals surface area (Å²) in [5.74, 6) is 1.52. The van der Waals surface area contributed by atoms with Crippen molar-refractivity contribution < 1.29 is 19.8 Å². The molecule has 0 fully saturated rings. The zero-order valence-corrected chi connectivity index (χ0v) is 18.8. The number of nitrogens with zero attached hydrogens (tertiary/aromatic N) is 4. The molecule has 32 heavy (non-hydrogen) atoms. The van der Waals surface area contributed by atoms with E-state index in [1.54, 1.807) is 11.9 Å². The number of nitrogens with one attached hydrogen (secondary N) is 1. The lowest BCUT2D eigenvalue weighted by atomic mass is 10.1. The van der Waals surface area contributed by atoms with Crippen LogP contribution in [-0.4, -0.2) is 52.2 Å². The average Bonchev–Trinajstić information content (AvgIpc) is 3.41. The van der Waals surface area contributed by atoms with Gasteiger partial charge in [0.25, 0.3) is 0 Å². The SMILES string of the molecule is CN1C(=O)C2SC=CC2n2c(CCCC(=O)NCCc3ccccc3)nnc21.N.[O-]C[O-]. The third kappa shape index (κ3) is 5.94. The smallest absolute Gasteiger partial charge is 0.245 e. The molecule has 0 radical (unpaired) electrons. The molecule has 2 aliphatic rings. The topological polar surface area (TPSA) is 161 Å². The molecule has 4 rings (SSSR count). The maximum absolute atomic E-state index is 12.4. The second kappa shape index (κ2) is 12.3. The molecular weight excluding hydrogens is 432 g/mol. The number of thioether (sulfide) groups is 1. The quantitative estimate of drug-likeness (QED) is 0.543. The number of aryl methyl sites for hydroxylation is 1. The Balaban J connectivity index is 0.000000860. The Hall–Kier alpha value is -2.73. The van der Waals surface area contributed by atoms with Gasteiger partial charge in [0.1, 0.15) is 11.1 Å². The Bertz CT molecular complexity index is 920. The van der Waals surface area contributed by atoms with Gasteiger partial charge in [-0.15, -0.1) is 22.0 Å². The molecule has 2 amide bonds. The Morgan fingerprint density at radius 1 is 1.19 bits per heavy atom. The number of hydrogen-bond donors (Lipinski definition) is 2. The molecule has 11 heteroatoms. The minimum atomic E-state index is -1.25. The van der Waals surface area contributed by atoms with E-state index in [0.29, 0.717) is 31.8 Å². The lowest BCUT2D eigenvalue weighted by Gasteiger charge is -2.32. The first-order valence-corrected chi connectivity index (χ1v) is 11.0. The van der Waals surface area contributed by atoms with Gasteiger partial charge in [0.2, 0.25) is 17.8 Å². The van der Waals surface area contributed by atoms with Crippen molar-refractivity contribution in [2.45, 2.75) is 37.0 Å². The highest BCUT2D eigenvalue weighted by Crippen LogP contribution is 2.41. The van der Waals surface area contributed by atoms with E-state index in [9.17, 15) is 9.59 Å². The number of hydrogen-bond acceptors (Lipinski definition) is 8. The van der Waals surface area contributed by atoms with Crippen LogP contribution in [0.3, 0.4) is 0 Å². The predicted molar refractivity (Wildman–Crippen MR) is 119 cm³/mol. The van der Waals surface area contributed by atoms with Crippen LogP contribution in [-0.2, 0) is 22.4 Å².